The van der Waals surface area contributed by atoms with E-state index in [1.807, 2.05) is 0 Å². The molecule has 1 aliphatic carbocycles. The molecule has 2 nitrogen and oxygen atoms in total. The van der Waals surface area contributed by atoms with Gasteiger partial charge in [-0.15, -0.1) is 0 Å². The molecule has 0 bridgehead atoms. The minimum absolute atomic E-state index is 0.323. The molecular weight excluding hydrogens is 183 g/mol. The molecular formula is C12H21BN2. The van der Waals surface area contributed by atoms with Crippen LogP contribution >= 0.6 is 0 Å². The molecule has 0 spiro atoms. The first-order chi connectivity index (χ1) is 6.93. The maximum Gasteiger partial charge on any atom is 0.114 e. The van der Waals surface area contributed by atoms with Crippen LogP contribution < -0.4 is 0 Å². The van der Waals surface area contributed by atoms with Gasteiger partial charge in [0.15, 0.2) is 0 Å². The van der Waals surface area contributed by atoms with Crippen LogP contribution in [0.1, 0.15) is 46.5 Å². The van der Waals surface area contributed by atoms with E-state index >= 15 is 0 Å². The van der Waals surface area contributed by atoms with Crippen LogP contribution in [0.5, 0.6) is 0 Å². The monoisotopic (exact) mass is 204 g/mol. The molecule has 0 fully saturated rings. The van der Waals surface area contributed by atoms with E-state index in [2.05, 4.69) is 33.5 Å². The van der Waals surface area contributed by atoms with Crippen LogP contribution in [0.4, 0.5) is 0 Å². The van der Waals surface area contributed by atoms with Gasteiger partial charge >= 0.3 is 0 Å². The summed E-state index contributed by atoms with van der Waals surface area (Å²) in [5, 5.41) is 8.42. The Kier molecular flexibility index (Phi) is 2.44. The van der Waals surface area contributed by atoms with Crippen molar-refractivity contribution < 1.29 is 0 Å². The molecule has 0 aromatic rings. The summed E-state index contributed by atoms with van der Waals surface area (Å²) in [6.45, 7) is 6.71. The average Bonchev–Trinajstić information content (AvgIpc) is 2.42. The average molecular weight is 204 g/mol. The summed E-state index contributed by atoms with van der Waals surface area (Å²) in [7, 11) is 2.33. The molecule has 1 heterocycles. The highest BCUT2D eigenvalue weighted by atomic mass is 15.2. The number of hydrogen-bond acceptors (Lipinski definition) is 1. The summed E-state index contributed by atoms with van der Waals surface area (Å²) in [6.07, 6.45) is 4.63. The van der Waals surface area contributed by atoms with Crippen LogP contribution in [-0.2, 0) is 0 Å². The van der Waals surface area contributed by atoms with Crippen LogP contribution in [0, 0.1) is 5.41 Å². The molecule has 1 unspecified atom stereocenters. The van der Waals surface area contributed by atoms with Crippen LogP contribution in [0.15, 0.2) is 11.3 Å². The zero-order valence-corrected chi connectivity index (χ0v) is 10.4. The second-order valence-corrected chi connectivity index (χ2v) is 5.75. The number of allylic oxidation sites excluding steroid dienone is 1. The van der Waals surface area contributed by atoms with Gasteiger partial charge in [0, 0.05) is 18.2 Å². The zero-order chi connectivity index (χ0) is 11.2. The van der Waals surface area contributed by atoms with Gasteiger partial charge in [-0.2, -0.15) is 0 Å². The van der Waals surface area contributed by atoms with Crippen molar-refractivity contribution >= 4 is 13.7 Å². The Labute approximate surface area is 93.6 Å². The third kappa shape index (κ3) is 1.62. The van der Waals surface area contributed by atoms with Crippen LogP contribution in [0.25, 0.3) is 0 Å². The smallest absolute Gasteiger partial charge is 0.114 e. The lowest BCUT2D eigenvalue weighted by molar-refractivity contribution is 0.393. The number of amidine groups is 1. The van der Waals surface area contributed by atoms with Gasteiger partial charge in [0.1, 0.15) is 13.7 Å². The van der Waals surface area contributed by atoms with E-state index in [4.69, 9.17) is 5.41 Å². The molecule has 0 aromatic heterocycles. The van der Waals surface area contributed by atoms with Gasteiger partial charge < -0.3 is 4.90 Å². The SMILES string of the molecule is BC1(C)CCCC2=C1CC(=N)N2C(C)C. The summed E-state index contributed by atoms with van der Waals surface area (Å²) in [5.74, 6) is 0.810. The van der Waals surface area contributed by atoms with Crippen molar-refractivity contribution in [2.75, 3.05) is 0 Å². The highest BCUT2D eigenvalue weighted by molar-refractivity contribution is 6.18. The van der Waals surface area contributed by atoms with Gasteiger partial charge in [0.05, 0.1) is 0 Å². The highest BCUT2D eigenvalue weighted by Crippen LogP contribution is 2.50. The summed E-state index contributed by atoms with van der Waals surface area (Å²) in [6, 6.07) is 0.443. The molecule has 2 aliphatic rings. The molecule has 1 atom stereocenters. The normalized spacial score (nSPS) is 31.5. The van der Waals surface area contributed by atoms with Crippen molar-refractivity contribution in [3.63, 3.8) is 0 Å². The van der Waals surface area contributed by atoms with E-state index < -0.39 is 0 Å². The Morgan fingerprint density at radius 1 is 1.47 bits per heavy atom. The first-order valence-electron chi connectivity index (χ1n) is 6.02. The van der Waals surface area contributed by atoms with Crippen molar-refractivity contribution in [2.45, 2.75) is 57.8 Å². The van der Waals surface area contributed by atoms with E-state index in [0.717, 1.165) is 12.3 Å². The Balaban J connectivity index is 2.39. The quantitative estimate of drug-likeness (QED) is 0.652. The lowest BCUT2D eigenvalue weighted by Crippen LogP contribution is -2.32. The molecule has 2 rings (SSSR count). The molecule has 1 N–H and O–H groups in total. The van der Waals surface area contributed by atoms with Gasteiger partial charge in [0.25, 0.3) is 0 Å². The van der Waals surface area contributed by atoms with E-state index in [-0.39, 0.29) is 0 Å². The second-order valence-electron chi connectivity index (χ2n) is 5.75. The first-order valence-corrected chi connectivity index (χ1v) is 6.02. The summed E-state index contributed by atoms with van der Waals surface area (Å²) < 4.78 is 0. The fourth-order valence-corrected chi connectivity index (χ4v) is 3.04. The molecule has 82 valence electrons. The maximum absolute atomic E-state index is 8.09. The standard InChI is InChI=1S/C12H21BN2/c1-8(2)15-10-5-4-6-12(3,13)9(10)7-11(15)14/h8,14H,4-7,13H2,1-3H3. The largest absolute Gasteiger partial charge is 0.331 e. The fraction of sp³-hybridized carbons (Fsp3) is 0.750. The van der Waals surface area contributed by atoms with Crippen LogP contribution in [0.2, 0.25) is 5.31 Å². The Bertz CT molecular complexity index is 329. The van der Waals surface area contributed by atoms with E-state index in [1.54, 1.807) is 0 Å². The number of hydrogen-bond donors (Lipinski definition) is 1. The zero-order valence-electron chi connectivity index (χ0n) is 10.4. The molecule has 0 amide bonds. The van der Waals surface area contributed by atoms with Crippen molar-refractivity contribution in [1.82, 2.24) is 4.90 Å². The summed E-state index contributed by atoms with van der Waals surface area (Å²) in [4.78, 5) is 2.25. The molecule has 15 heavy (non-hydrogen) atoms. The summed E-state index contributed by atoms with van der Waals surface area (Å²) in [5.41, 5.74) is 3.00. The van der Waals surface area contributed by atoms with Gasteiger partial charge in [-0.05, 0) is 37.6 Å². The van der Waals surface area contributed by atoms with E-state index in [9.17, 15) is 0 Å². The minimum Gasteiger partial charge on any atom is -0.331 e. The van der Waals surface area contributed by atoms with Gasteiger partial charge in [-0.1, -0.05) is 13.3 Å². The molecule has 3 heteroatoms. The van der Waals surface area contributed by atoms with Crippen LogP contribution in [0.3, 0.4) is 0 Å². The fourth-order valence-electron chi connectivity index (χ4n) is 3.04. The van der Waals surface area contributed by atoms with Gasteiger partial charge in [-0.3, -0.25) is 5.41 Å². The Morgan fingerprint density at radius 3 is 2.73 bits per heavy atom. The van der Waals surface area contributed by atoms with Crippen molar-refractivity contribution in [2.24, 2.45) is 0 Å². The Hall–Kier alpha value is -0.725. The number of nitrogens with one attached hydrogen (secondary N) is 1. The minimum atomic E-state index is 0.323. The van der Waals surface area contributed by atoms with Crippen LogP contribution in [-0.4, -0.2) is 24.6 Å². The topological polar surface area (TPSA) is 27.1 Å². The van der Waals surface area contributed by atoms with Gasteiger partial charge in [-0.25, -0.2) is 0 Å². The highest BCUT2D eigenvalue weighted by Gasteiger charge is 2.38. The Morgan fingerprint density at radius 2 is 2.13 bits per heavy atom. The van der Waals surface area contributed by atoms with Crippen molar-refractivity contribution in [3.05, 3.63) is 11.3 Å². The van der Waals surface area contributed by atoms with Crippen molar-refractivity contribution in [1.29, 1.82) is 5.41 Å². The van der Waals surface area contributed by atoms with Crippen molar-refractivity contribution in [3.8, 4) is 0 Å². The lowest BCUT2D eigenvalue weighted by Gasteiger charge is -2.34. The first kappa shape index (κ1) is 10.8. The molecule has 0 aromatic carbocycles. The molecule has 1 aliphatic heterocycles. The summed E-state index contributed by atoms with van der Waals surface area (Å²) >= 11 is 0. The number of nitrogens with zero attached hydrogens (tertiary/aromatic N) is 1. The predicted molar refractivity (Wildman–Crippen MR) is 67.1 cm³/mol. The van der Waals surface area contributed by atoms with Gasteiger partial charge in [0.2, 0.25) is 0 Å². The number of rotatable bonds is 1. The molecule has 0 radical (unpaired) electrons. The molecule has 0 saturated heterocycles. The van der Waals surface area contributed by atoms with E-state index in [0.29, 0.717) is 11.4 Å². The lowest BCUT2D eigenvalue weighted by atomic mass is 9.59. The second kappa shape index (κ2) is 3.39. The predicted octanol–water partition coefficient (Wildman–Crippen LogP) is 2.33. The third-order valence-electron chi connectivity index (χ3n) is 3.82. The third-order valence-corrected chi connectivity index (χ3v) is 3.82. The maximum atomic E-state index is 8.09. The molecule has 0 saturated carbocycles. The van der Waals surface area contributed by atoms with E-state index in [1.165, 1.54) is 30.5 Å².